The smallest absolute Gasteiger partial charge is 0.278 e. The number of carboxylic acids is 1. The van der Waals surface area contributed by atoms with Crippen LogP contribution in [0.5, 0.6) is 0 Å². The van der Waals surface area contributed by atoms with E-state index in [9.17, 15) is 19.5 Å². The van der Waals surface area contributed by atoms with Gasteiger partial charge in [0, 0.05) is 36.5 Å². The second kappa shape index (κ2) is 10.4. The molecule has 2 aromatic heterocycles. The molecular formula is C22H25N9O5S2. The van der Waals surface area contributed by atoms with Gasteiger partial charge in [0.1, 0.15) is 18.0 Å². The zero-order valence-electron chi connectivity index (χ0n) is 20.4. The fourth-order valence-electron chi connectivity index (χ4n) is 4.60. The number of amides is 2. The molecule has 200 valence electrons. The number of nitrogen functional groups attached to an aromatic ring is 1. The highest BCUT2D eigenvalue weighted by atomic mass is 32.2. The number of rotatable bonds is 9. The number of carboxylic acid groups (broad SMARTS) is 1. The first kappa shape index (κ1) is 25.7. The highest BCUT2D eigenvalue weighted by Crippen LogP contribution is 2.40. The molecule has 1 fully saturated rings. The van der Waals surface area contributed by atoms with Gasteiger partial charge in [-0.2, -0.15) is 9.36 Å². The number of anilines is 2. The summed E-state index contributed by atoms with van der Waals surface area (Å²) >= 11 is 2.24. The number of β-lactam (4-membered cyclic amide) rings is 1. The lowest BCUT2D eigenvalue weighted by Crippen LogP contribution is -2.71. The van der Waals surface area contributed by atoms with Crippen LogP contribution in [0.25, 0.3) is 0 Å². The average Bonchev–Trinajstić information content (AvgIpc) is 3.51. The molecule has 5 heterocycles. The number of aliphatic carboxylic acids is 1. The Hall–Kier alpha value is -3.92. The Balaban J connectivity index is 1.35. The minimum absolute atomic E-state index is 0.0345. The molecule has 0 saturated carbocycles. The van der Waals surface area contributed by atoms with Gasteiger partial charge in [0.05, 0.1) is 24.3 Å². The summed E-state index contributed by atoms with van der Waals surface area (Å²) in [5.74, 6) is -1.41. The van der Waals surface area contributed by atoms with Crippen LogP contribution in [0, 0.1) is 0 Å². The van der Waals surface area contributed by atoms with E-state index in [1.807, 2.05) is 24.0 Å². The van der Waals surface area contributed by atoms with Gasteiger partial charge in [-0.25, -0.2) is 0 Å². The number of nitrogens with one attached hydrogen (secondary N) is 1. The molecule has 0 bridgehead atoms. The third-order valence-corrected chi connectivity index (χ3v) is 8.20. The second-order valence-corrected chi connectivity index (χ2v) is 10.6. The van der Waals surface area contributed by atoms with Crippen LogP contribution in [-0.4, -0.2) is 79.8 Å². The Bertz CT molecular complexity index is 1370. The lowest BCUT2D eigenvalue weighted by atomic mass is 10.0. The molecular weight excluding hydrogens is 534 g/mol. The molecule has 14 nitrogen and oxygen atoms in total. The molecule has 0 aromatic carbocycles. The van der Waals surface area contributed by atoms with Crippen molar-refractivity contribution in [2.75, 3.05) is 36.6 Å². The molecule has 5 rings (SSSR count). The molecule has 0 unspecified atom stereocenters. The van der Waals surface area contributed by atoms with Gasteiger partial charge in [-0.05, 0) is 6.42 Å². The van der Waals surface area contributed by atoms with Crippen LogP contribution in [-0.2, 0) is 32.3 Å². The van der Waals surface area contributed by atoms with Gasteiger partial charge in [0.15, 0.2) is 23.7 Å². The highest BCUT2D eigenvalue weighted by Gasteiger charge is 2.53. The van der Waals surface area contributed by atoms with E-state index in [1.54, 1.807) is 0 Å². The van der Waals surface area contributed by atoms with E-state index in [1.165, 1.54) is 22.7 Å². The molecule has 2 aromatic rings. The molecule has 38 heavy (non-hydrogen) atoms. The van der Waals surface area contributed by atoms with Crippen molar-refractivity contribution in [3.05, 3.63) is 42.0 Å². The molecule has 0 radical (unpaired) electrons. The van der Waals surface area contributed by atoms with Crippen LogP contribution in [0.15, 0.2) is 41.3 Å². The number of nitrogens with two attached hydrogens (primary N) is 1. The summed E-state index contributed by atoms with van der Waals surface area (Å²) in [6.07, 6.45) is 4.32. The zero-order valence-corrected chi connectivity index (χ0v) is 22.0. The number of aromatic nitrogens is 4. The maximum atomic E-state index is 13.1. The Kier molecular flexibility index (Phi) is 7.07. The van der Waals surface area contributed by atoms with E-state index in [0.29, 0.717) is 17.9 Å². The number of oxime groups is 1. The number of fused-ring (bicyclic) bond motifs is 2. The minimum atomic E-state index is -1.44. The Morgan fingerprint density at radius 3 is 2.97 bits per heavy atom. The fourth-order valence-corrected chi connectivity index (χ4v) is 6.37. The zero-order chi connectivity index (χ0) is 27.0. The third kappa shape index (κ3) is 4.60. The monoisotopic (exact) mass is 559 g/mol. The number of thioether (sulfide) groups is 1. The summed E-state index contributed by atoms with van der Waals surface area (Å²) in [6.45, 7) is 5.61. The average molecular weight is 560 g/mol. The van der Waals surface area contributed by atoms with Gasteiger partial charge in [0.25, 0.3) is 11.8 Å². The molecule has 3 aliphatic rings. The van der Waals surface area contributed by atoms with E-state index < -0.39 is 29.2 Å². The summed E-state index contributed by atoms with van der Waals surface area (Å²) < 4.78 is 8.03. The van der Waals surface area contributed by atoms with Crippen molar-refractivity contribution in [2.24, 2.45) is 5.16 Å². The highest BCUT2D eigenvalue weighted by molar-refractivity contribution is 8.00. The fraction of sp³-hybridized carbons (Fsp3) is 0.409. The largest absolute Gasteiger partial charge is 0.543 e. The van der Waals surface area contributed by atoms with E-state index in [2.05, 4.69) is 36.0 Å². The molecule has 0 spiro atoms. The first-order valence-corrected chi connectivity index (χ1v) is 13.5. The van der Waals surface area contributed by atoms with Crippen molar-refractivity contribution in [1.82, 2.24) is 24.3 Å². The molecule has 1 saturated heterocycles. The maximum absolute atomic E-state index is 13.1. The van der Waals surface area contributed by atoms with Gasteiger partial charge in [-0.1, -0.05) is 17.8 Å². The Morgan fingerprint density at radius 2 is 2.26 bits per heavy atom. The van der Waals surface area contributed by atoms with Crippen LogP contribution in [0.1, 0.15) is 12.2 Å². The number of carbonyl (C=O) groups is 3. The quantitative estimate of drug-likeness (QED) is 0.0878. The van der Waals surface area contributed by atoms with Crippen LogP contribution in [0.2, 0.25) is 0 Å². The van der Waals surface area contributed by atoms with Gasteiger partial charge >= 0.3 is 0 Å². The maximum Gasteiger partial charge on any atom is 0.278 e. The lowest BCUT2D eigenvalue weighted by Gasteiger charge is -2.50. The molecule has 3 aliphatic heterocycles. The Labute approximate surface area is 225 Å². The van der Waals surface area contributed by atoms with Crippen molar-refractivity contribution < 1.29 is 29.0 Å². The van der Waals surface area contributed by atoms with Gasteiger partial charge in [0.2, 0.25) is 11.5 Å². The summed E-state index contributed by atoms with van der Waals surface area (Å²) in [7, 11) is 2.01. The van der Waals surface area contributed by atoms with Gasteiger partial charge in [-0.3, -0.25) is 14.5 Å². The van der Waals surface area contributed by atoms with E-state index in [-0.39, 0.29) is 29.0 Å². The number of hydrogen-bond acceptors (Lipinski definition) is 12. The lowest BCUT2D eigenvalue weighted by molar-refractivity contribution is -0.768. The molecule has 16 heteroatoms. The summed E-state index contributed by atoms with van der Waals surface area (Å²) in [4.78, 5) is 50.7. The predicted octanol–water partition coefficient (Wildman–Crippen LogP) is -1.94. The topological polar surface area (TPSA) is 175 Å². The number of nitrogens with zero attached hydrogens (tertiary/aromatic N) is 7. The third-order valence-electron chi connectivity index (χ3n) is 6.32. The minimum Gasteiger partial charge on any atom is -0.543 e. The predicted molar refractivity (Wildman–Crippen MR) is 137 cm³/mol. The number of carbonyl (C=O) groups excluding carboxylic acids is 3. The van der Waals surface area contributed by atoms with E-state index in [0.717, 1.165) is 36.9 Å². The van der Waals surface area contributed by atoms with Crippen molar-refractivity contribution in [1.29, 1.82) is 0 Å². The van der Waals surface area contributed by atoms with Crippen LogP contribution in [0.3, 0.4) is 0 Å². The van der Waals surface area contributed by atoms with Crippen molar-refractivity contribution in [3.8, 4) is 0 Å². The van der Waals surface area contributed by atoms with E-state index in [4.69, 9.17) is 10.6 Å². The molecule has 2 atom stereocenters. The van der Waals surface area contributed by atoms with E-state index >= 15 is 0 Å². The van der Waals surface area contributed by atoms with Crippen LogP contribution >= 0.6 is 23.3 Å². The first-order chi connectivity index (χ1) is 18.3. The van der Waals surface area contributed by atoms with Crippen molar-refractivity contribution >= 4 is 57.7 Å². The van der Waals surface area contributed by atoms with Gasteiger partial charge in [-0.15, -0.1) is 21.1 Å². The Morgan fingerprint density at radius 1 is 1.45 bits per heavy atom. The summed E-state index contributed by atoms with van der Waals surface area (Å²) in [5.41, 5.74) is 5.77. The van der Waals surface area contributed by atoms with Crippen molar-refractivity contribution in [2.45, 2.75) is 30.9 Å². The normalized spacial score (nSPS) is 21.0. The SMILES string of the molecule is C=CCON=C(C(=O)N[C@@H]1C(=O)N2C(C(=O)[O-])=C(C[n+]3ccc4n3CCCN4C)CS[C@H]12)c1nsc(N)n1. The van der Waals surface area contributed by atoms with Crippen molar-refractivity contribution in [3.63, 3.8) is 0 Å². The van der Waals surface area contributed by atoms with Gasteiger partial charge < -0.3 is 30.7 Å². The van der Waals surface area contributed by atoms with Crippen LogP contribution < -0.4 is 25.7 Å². The number of hydrogen-bond donors (Lipinski definition) is 2. The standard InChI is InChI=1S/C22H25N9O5S2/c1-3-9-36-26-14(17-25-22(23)38-27-17)18(32)24-15-19(33)31-16(21(34)35)12(11-37-20(15)31)10-29-8-5-13-28(2)6-4-7-30(13)29/h3,5,8,15,20H,1,4,6-7,9-11H2,2H3,(H3-,23,24,25,27,32,34,35)/t15-,20-/m1/s1. The molecule has 0 aliphatic carbocycles. The van der Waals surface area contributed by atoms with Crippen LogP contribution in [0.4, 0.5) is 10.9 Å². The molecule has 3 N–H and O–H groups in total. The second-order valence-electron chi connectivity index (χ2n) is 8.75. The molecule has 2 amide bonds. The summed E-state index contributed by atoms with van der Waals surface area (Å²) in [6, 6.07) is 1.01. The first-order valence-electron chi connectivity index (χ1n) is 11.7. The summed E-state index contributed by atoms with van der Waals surface area (Å²) in [5, 5.41) is 18.1.